The normalized spacial score (nSPS) is 17.1. The molecule has 0 aliphatic carbocycles. The number of carbonyl (C=O) groups excluding carboxylic acids is 4. The van der Waals surface area contributed by atoms with Gasteiger partial charge in [0.25, 0.3) is 0 Å². The minimum absolute atomic E-state index is 0.451. The van der Waals surface area contributed by atoms with Crippen LogP contribution in [-0.4, -0.2) is 64.3 Å². The summed E-state index contributed by atoms with van der Waals surface area (Å²) >= 11 is 0. The minimum Gasteiger partial charge on any atom is -0.480 e. The highest BCUT2D eigenvalue weighted by Crippen LogP contribution is 2.08. The van der Waals surface area contributed by atoms with Crippen LogP contribution in [0.15, 0.2) is 0 Å². The Kier molecular flexibility index (Phi) is 3.64. The van der Waals surface area contributed by atoms with Crippen molar-refractivity contribution in [3.05, 3.63) is 0 Å². The summed E-state index contributed by atoms with van der Waals surface area (Å²) in [7, 11) is 1.11. The van der Waals surface area contributed by atoms with Crippen molar-refractivity contribution in [3.63, 3.8) is 0 Å². The van der Waals surface area contributed by atoms with Gasteiger partial charge in [0.1, 0.15) is 12.6 Å². The van der Waals surface area contributed by atoms with Crippen molar-refractivity contribution >= 4 is 29.7 Å². The molecule has 1 saturated heterocycles. The zero-order valence-electron chi connectivity index (χ0n) is 9.67. The van der Waals surface area contributed by atoms with Crippen LogP contribution in [0.1, 0.15) is 6.92 Å². The van der Waals surface area contributed by atoms with Gasteiger partial charge < -0.3 is 10.4 Å². The fraction of sp³-hybridized carbons (Fsp3) is 0.444. The lowest BCUT2D eigenvalue weighted by Gasteiger charge is -2.14. The summed E-state index contributed by atoms with van der Waals surface area (Å²) < 4.78 is 0. The van der Waals surface area contributed by atoms with Crippen molar-refractivity contribution in [3.8, 4) is 0 Å². The number of likely N-dealkylation sites (N-methyl/N-ethyl adjacent to an activating group) is 1. The quantitative estimate of drug-likeness (QED) is 0.443. The third-order valence-corrected chi connectivity index (χ3v) is 2.30. The first-order valence-electron chi connectivity index (χ1n) is 4.91. The predicted molar refractivity (Wildman–Crippen MR) is 55.1 cm³/mol. The molecule has 0 bridgehead atoms. The highest BCUT2D eigenvalue weighted by Gasteiger charge is 2.43. The zero-order chi connectivity index (χ0) is 14.0. The van der Waals surface area contributed by atoms with Gasteiger partial charge in [0.2, 0.25) is 5.91 Å². The van der Waals surface area contributed by atoms with Crippen LogP contribution in [0.4, 0.5) is 4.79 Å². The number of carboxylic acid groups (broad SMARTS) is 1. The van der Waals surface area contributed by atoms with Gasteiger partial charge in [-0.25, -0.2) is 9.69 Å². The van der Waals surface area contributed by atoms with E-state index in [1.165, 1.54) is 6.92 Å². The Morgan fingerprint density at radius 1 is 1.28 bits per heavy atom. The van der Waals surface area contributed by atoms with Gasteiger partial charge in [0, 0.05) is 7.05 Å². The van der Waals surface area contributed by atoms with Crippen LogP contribution in [0.25, 0.3) is 0 Å². The van der Waals surface area contributed by atoms with Gasteiger partial charge in [-0.3, -0.25) is 24.1 Å². The molecule has 0 radical (unpaired) electrons. The van der Waals surface area contributed by atoms with Crippen LogP contribution in [-0.2, 0) is 19.2 Å². The summed E-state index contributed by atoms with van der Waals surface area (Å²) in [6, 6.07) is -2.07. The first-order valence-corrected chi connectivity index (χ1v) is 4.91. The minimum atomic E-state index is -1.25. The van der Waals surface area contributed by atoms with E-state index in [0.717, 1.165) is 7.05 Å². The van der Waals surface area contributed by atoms with Crippen LogP contribution in [0.3, 0.4) is 0 Å². The maximum Gasteiger partial charge on any atom is 0.334 e. The van der Waals surface area contributed by atoms with E-state index < -0.39 is 42.3 Å². The highest BCUT2D eigenvalue weighted by atomic mass is 16.4. The molecule has 98 valence electrons. The summed E-state index contributed by atoms with van der Waals surface area (Å²) in [6.45, 7) is 0.538. The fourth-order valence-corrected chi connectivity index (χ4v) is 1.25. The lowest BCUT2D eigenvalue weighted by atomic mass is 10.3. The molecule has 18 heavy (non-hydrogen) atoms. The molecule has 0 aromatic carbocycles. The molecule has 0 saturated carbocycles. The summed E-state index contributed by atoms with van der Waals surface area (Å²) in [4.78, 5) is 56.7. The second kappa shape index (κ2) is 4.82. The van der Waals surface area contributed by atoms with Crippen molar-refractivity contribution in [2.75, 3.05) is 13.6 Å². The topological polar surface area (TPSA) is 124 Å². The molecule has 1 unspecified atom stereocenters. The third-order valence-electron chi connectivity index (χ3n) is 2.30. The number of carbonyl (C=O) groups is 5. The Morgan fingerprint density at radius 2 is 1.83 bits per heavy atom. The van der Waals surface area contributed by atoms with Crippen LogP contribution in [0.2, 0.25) is 0 Å². The molecule has 2 N–H and O–H groups in total. The van der Waals surface area contributed by atoms with E-state index in [4.69, 9.17) is 5.11 Å². The van der Waals surface area contributed by atoms with Crippen LogP contribution in [0, 0.1) is 0 Å². The Labute approximate surface area is 101 Å². The van der Waals surface area contributed by atoms with Gasteiger partial charge in [-0.05, 0) is 6.92 Å². The molecule has 1 aliphatic rings. The van der Waals surface area contributed by atoms with Crippen molar-refractivity contribution in [2.45, 2.75) is 13.0 Å². The third kappa shape index (κ3) is 2.44. The van der Waals surface area contributed by atoms with E-state index in [-0.39, 0.29) is 0 Å². The van der Waals surface area contributed by atoms with Gasteiger partial charge >= 0.3 is 23.8 Å². The first kappa shape index (κ1) is 13.6. The number of carboxylic acids is 1. The van der Waals surface area contributed by atoms with E-state index in [0.29, 0.717) is 9.80 Å². The number of imide groups is 2. The molecule has 5 amide bonds. The average molecular weight is 257 g/mol. The molecule has 1 aliphatic heterocycles. The Morgan fingerprint density at radius 3 is 2.22 bits per heavy atom. The fourth-order valence-electron chi connectivity index (χ4n) is 1.25. The number of nitrogens with zero attached hydrogens (tertiary/aromatic N) is 2. The molecule has 0 spiro atoms. The highest BCUT2D eigenvalue weighted by molar-refractivity contribution is 6.44. The average Bonchev–Trinajstić information content (AvgIpc) is 2.46. The number of nitrogens with one attached hydrogen (secondary N) is 1. The van der Waals surface area contributed by atoms with Gasteiger partial charge in [-0.1, -0.05) is 0 Å². The van der Waals surface area contributed by atoms with E-state index >= 15 is 0 Å². The van der Waals surface area contributed by atoms with Crippen molar-refractivity contribution < 1.29 is 29.1 Å². The maximum atomic E-state index is 11.4. The Balaban J connectivity index is 2.66. The smallest absolute Gasteiger partial charge is 0.334 e. The van der Waals surface area contributed by atoms with Crippen molar-refractivity contribution in [1.29, 1.82) is 0 Å². The Bertz CT molecular complexity index is 446. The molecule has 1 heterocycles. The molecule has 1 rings (SSSR count). The van der Waals surface area contributed by atoms with E-state index in [1.54, 1.807) is 0 Å². The SMILES string of the molecule is CC(NC(=O)CN1C(=O)C(=O)N(C)C1=O)C(=O)O. The Hall–Kier alpha value is -2.45. The molecular formula is C9H11N3O6. The number of urea groups is 1. The maximum absolute atomic E-state index is 11.4. The van der Waals surface area contributed by atoms with Crippen molar-refractivity contribution in [2.24, 2.45) is 0 Å². The second-order valence-corrected chi connectivity index (χ2v) is 3.67. The number of hydrogen-bond donors (Lipinski definition) is 2. The molecule has 9 nitrogen and oxygen atoms in total. The molecule has 9 heteroatoms. The summed E-state index contributed by atoms with van der Waals surface area (Å²) in [5.41, 5.74) is 0. The number of amides is 5. The van der Waals surface area contributed by atoms with E-state index in [2.05, 4.69) is 5.32 Å². The molecule has 1 atom stereocenters. The van der Waals surface area contributed by atoms with E-state index in [9.17, 15) is 24.0 Å². The summed E-state index contributed by atoms with van der Waals surface area (Å²) in [6.07, 6.45) is 0. The van der Waals surface area contributed by atoms with Crippen LogP contribution < -0.4 is 5.32 Å². The second-order valence-electron chi connectivity index (χ2n) is 3.67. The van der Waals surface area contributed by atoms with Crippen LogP contribution in [0.5, 0.6) is 0 Å². The number of hydrogen-bond acceptors (Lipinski definition) is 5. The zero-order valence-corrected chi connectivity index (χ0v) is 9.67. The van der Waals surface area contributed by atoms with Gasteiger partial charge in [-0.2, -0.15) is 0 Å². The first-order chi connectivity index (χ1) is 8.25. The molecule has 0 aromatic heterocycles. The number of rotatable bonds is 4. The van der Waals surface area contributed by atoms with Crippen molar-refractivity contribution in [1.82, 2.24) is 15.1 Å². The van der Waals surface area contributed by atoms with Gasteiger partial charge in [-0.15, -0.1) is 0 Å². The largest absolute Gasteiger partial charge is 0.480 e. The van der Waals surface area contributed by atoms with Gasteiger partial charge in [0.05, 0.1) is 0 Å². The van der Waals surface area contributed by atoms with Crippen LogP contribution >= 0.6 is 0 Å². The monoisotopic (exact) mass is 257 g/mol. The lowest BCUT2D eigenvalue weighted by molar-refractivity contribution is -0.144. The summed E-state index contributed by atoms with van der Waals surface area (Å²) in [5.74, 6) is -4.23. The predicted octanol–water partition coefficient (Wildman–Crippen LogP) is -2.00. The molecule has 0 aromatic rings. The molecular weight excluding hydrogens is 246 g/mol. The standard InChI is InChI=1S/C9H11N3O6/c1-4(8(16)17)10-5(13)3-12-7(15)6(14)11(2)9(12)18/h4H,3H2,1-2H3,(H,10,13)(H,16,17). The lowest BCUT2D eigenvalue weighted by Crippen LogP contribution is -2.46. The van der Waals surface area contributed by atoms with E-state index in [1.807, 2.05) is 0 Å². The molecule has 1 fully saturated rings. The number of aliphatic carboxylic acids is 1. The van der Waals surface area contributed by atoms with Gasteiger partial charge in [0.15, 0.2) is 0 Å². The summed E-state index contributed by atoms with van der Waals surface area (Å²) in [5, 5.41) is 10.6.